The highest BCUT2D eigenvalue weighted by atomic mass is 32.2. The number of benzene rings is 2. The van der Waals surface area contributed by atoms with Gasteiger partial charge in [0.2, 0.25) is 10.0 Å². The molecule has 1 aliphatic carbocycles. The minimum atomic E-state index is -3.67. The minimum Gasteiger partial charge on any atom is -0.444 e. The summed E-state index contributed by atoms with van der Waals surface area (Å²) in [5.74, 6) is 0.210. The molecule has 31 heavy (non-hydrogen) atoms. The monoisotopic (exact) mass is 439 g/mol. The Bertz CT molecular complexity index is 1150. The van der Waals surface area contributed by atoms with Crippen LogP contribution < -0.4 is 5.32 Å². The number of hydrogen-bond donors (Lipinski definition) is 1. The molecule has 0 spiro atoms. The summed E-state index contributed by atoms with van der Waals surface area (Å²) in [6.07, 6.45) is 7.92. The highest BCUT2D eigenvalue weighted by molar-refractivity contribution is 7.89. The Morgan fingerprint density at radius 2 is 1.87 bits per heavy atom. The quantitative estimate of drug-likeness (QED) is 0.608. The van der Waals surface area contributed by atoms with Gasteiger partial charge >= 0.3 is 0 Å². The lowest BCUT2D eigenvalue weighted by Gasteiger charge is -2.30. The maximum Gasteiger partial charge on any atom is 0.255 e. The molecule has 0 saturated heterocycles. The number of oxazole rings is 1. The molecule has 4 rings (SSSR count). The van der Waals surface area contributed by atoms with Crippen molar-refractivity contribution in [2.24, 2.45) is 0 Å². The summed E-state index contributed by atoms with van der Waals surface area (Å²) in [6.45, 7) is 0. The molecule has 0 aliphatic heterocycles. The van der Waals surface area contributed by atoms with E-state index >= 15 is 0 Å². The van der Waals surface area contributed by atoms with Gasteiger partial charge in [-0.25, -0.2) is 13.4 Å². The predicted octanol–water partition coefficient (Wildman–Crippen LogP) is 4.55. The van der Waals surface area contributed by atoms with Crippen LogP contribution in [0.2, 0.25) is 0 Å². The van der Waals surface area contributed by atoms with Gasteiger partial charge in [-0.15, -0.1) is 0 Å². The second-order valence-corrected chi connectivity index (χ2v) is 9.74. The molecular weight excluding hydrogens is 414 g/mol. The summed E-state index contributed by atoms with van der Waals surface area (Å²) in [4.78, 5) is 16.8. The van der Waals surface area contributed by atoms with Crippen LogP contribution in [0.25, 0.3) is 11.3 Å². The van der Waals surface area contributed by atoms with Crippen molar-refractivity contribution in [2.75, 3.05) is 12.4 Å². The van der Waals surface area contributed by atoms with E-state index in [1.54, 1.807) is 43.6 Å². The van der Waals surface area contributed by atoms with Gasteiger partial charge in [-0.05, 0) is 43.2 Å². The molecule has 0 unspecified atom stereocenters. The zero-order valence-electron chi connectivity index (χ0n) is 17.3. The molecule has 0 radical (unpaired) electrons. The lowest BCUT2D eigenvalue weighted by molar-refractivity contribution is 0.102. The Hall–Kier alpha value is -2.97. The fourth-order valence-electron chi connectivity index (χ4n) is 3.92. The molecule has 1 aromatic heterocycles. The van der Waals surface area contributed by atoms with E-state index in [2.05, 4.69) is 10.3 Å². The van der Waals surface area contributed by atoms with Crippen LogP contribution in [0.3, 0.4) is 0 Å². The fraction of sp³-hybridized carbons (Fsp3) is 0.304. The number of anilines is 1. The minimum absolute atomic E-state index is 0.00932. The standard InChI is InChI=1S/C23H25N3O4S/c1-26(20-10-3-2-4-11-20)31(28,29)21-12-6-8-18(14-21)23(27)25-19-9-5-7-17(13-19)22-15-24-16-30-22/h5-9,12-16,20H,2-4,10-11H2,1H3,(H,25,27). The topological polar surface area (TPSA) is 92.5 Å². The molecule has 162 valence electrons. The van der Waals surface area contributed by atoms with Crippen LogP contribution in [-0.2, 0) is 10.0 Å². The summed E-state index contributed by atoms with van der Waals surface area (Å²) in [6, 6.07) is 13.4. The first-order valence-electron chi connectivity index (χ1n) is 10.3. The number of carbonyl (C=O) groups is 1. The van der Waals surface area contributed by atoms with Crippen LogP contribution in [-0.4, -0.2) is 36.7 Å². The molecule has 2 aromatic carbocycles. The van der Waals surface area contributed by atoms with Crippen LogP contribution in [0.4, 0.5) is 5.69 Å². The fourth-order valence-corrected chi connectivity index (χ4v) is 5.38. The van der Waals surface area contributed by atoms with Crippen molar-refractivity contribution >= 4 is 21.6 Å². The third-order valence-electron chi connectivity index (χ3n) is 5.70. The van der Waals surface area contributed by atoms with Crippen LogP contribution in [0.1, 0.15) is 42.5 Å². The normalized spacial score (nSPS) is 15.2. The van der Waals surface area contributed by atoms with Crippen molar-refractivity contribution in [3.8, 4) is 11.3 Å². The van der Waals surface area contributed by atoms with Crippen molar-refractivity contribution in [1.29, 1.82) is 0 Å². The van der Waals surface area contributed by atoms with E-state index in [1.165, 1.54) is 22.8 Å². The second kappa shape index (κ2) is 9.03. The highest BCUT2D eigenvalue weighted by Crippen LogP contribution is 2.27. The molecule has 8 heteroatoms. The van der Waals surface area contributed by atoms with Gasteiger partial charge < -0.3 is 9.73 Å². The first kappa shape index (κ1) is 21.3. The Labute approximate surface area is 182 Å². The van der Waals surface area contributed by atoms with Crippen LogP contribution in [0.15, 0.2) is 70.4 Å². The van der Waals surface area contributed by atoms with Gasteiger partial charge in [-0.2, -0.15) is 4.31 Å². The molecule has 0 atom stereocenters. The number of nitrogens with one attached hydrogen (secondary N) is 1. The summed E-state index contributed by atoms with van der Waals surface area (Å²) < 4.78 is 33.0. The first-order chi connectivity index (χ1) is 14.9. The van der Waals surface area contributed by atoms with Crippen LogP contribution in [0, 0.1) is 0 Å². The van der Waals surface area contributed by atoms with Gasteiger partial charge in [0.15, 0.2) is 12.2 Å². The highest BCUT2D eigenvalue weighted by Gasteiger charge is 2.29. The molecule has 1 N–H and O–H groups in total. The van der Waals surface area contributed by atoms with Gasteiger partial charge in [-0.3, -0.25) is 4.79 Å². The van der Waals surface area contributed by atoms with Crippen molar-refractivity contribution in [2.45, 2.75) is 43.0 Å². The molecule has 3 aromatic rings. The molecule has 1 saturated carbocycles. The lowest BCUT2D eigenvalue weighted by atomic mass is 9.96. The van der Waals surface area contributed by atoms with E-state index < -0.39 is 10.0 Å². The Kier molecular flexibility index (Phi) is 6.20. The number of rotatable bonds is 6. The number of hydrogen-bond acceptors (Lipinski definition) is 5. The third-order valence-corrected chi connectivity index (χ3v) is 7.61. The maximum atomic E-state index is 13.1. The largest absolute Gasteiger partial charge is 0.444 e. The van der Waals surface area contributed by atoms with E-state index in [1.807, 2.05) is 6.07 Å². The molecule has 0 bridgehead atoms. The summed E-state index contributed by atoms with van der Waals surface area (Å²) in [5.41, 5.74) is 1.63. The van der Waals surface area contributed by atoms with Gasteiger partial charge in [0.25, 0.3) is 5.91 Å². The summed E-state index contributed by atoms with van der Waals surface area (Å²) in [5, 5.41) is 2.82. The van der Waals surface area contributed by atoms with Gasteiger partial charge in [-0.1, -0.05) is 37.5 Å². The Morgan fingerprint density at radius 3 is 2.61 bits per heavy atom. The summed E-state index contributed by atoms with van der Waals surface area (Å²) in [7, 11) is -2.04. The average molecular weight is 440 g/mol. The van der Waals surface area contributed by atoms with E-state index in [-0.39, 0.29) is 22.4 Å². The van der Waals surface area contributed by atoms with Crippen molar-refractivity contribution < 1.29 is 17.6 Å². The molecule has 1 heterocycles. The number of aromatic nitrogens is 1. The average Bonchev–Trinajstić information content (AvgIpc) is 3.34. The predicted molar refractivity (Wildman–Crippen MR) is 118 cm³/mol. The van der Waals surface area contributed by atoms with Crippen molar-refractivity contribution in [1.82, 2.24) is 9.29 Å². The molecular formula is C23H25N3O4S. The molecule has 1 fully saturated rings. The molecule has 1 aliphatic rings. The first-order valence-corrected chi connectivity index (χ1v) is 11.8. The zero-order valence-corrected chi connectivity index (χ0v) is 18.1. The van der Waals surface area contributed by atoms with E-state index in [0.29, 0.717) is 11.4 Å². The van der Waals surface area contributed by atoms with E-state index in [0.717, 1.165) is 37.7 Å². The second-order valence-electron chi connectivity index (χ2n) is 7.74. The van der Waals surface area contributed by atoms with Crippen LogP contribution >= 0.6 is 0 Å². The maximum absolute atomic E-state index is 13.1. The van der Waals surface area contributed by atoms with Crippen molar-refractivity contribution in [3.05, 3.63) is 66.7 Å². The van der Waals surface area contributed by atoms with Crippen molar-refractivity contribution in [3.63, 3.8) is 0 Å². The number of sulfonamides is 1. The van der Waals surface area contributed by atoms with E-state index in [9.17, 15) is 13.2 Å². The number of amides is 1. The Morgan fingerprint density at radius 1 is 1.10 bits per heavy atom. The smallest absolute Gasteiger partial charge is 0.255 e. The molecule has 7 nitrogen and oxygen atoms in total. The van der Waals surface area contributed by atoms with Gasteiger partial charge in [0.05, 0.1) is 11.1 Å². The number of carbonyl (C=O) groups excluding carboxylic acids is 1. The van der Waals surface area contributed by atoms with Crippen LogP contribution in [0.5, 0.6) is 0 Å². The Balaban J connectivity index is 1.53. The number of nitrogens with zero attached hydrogens (tertiary/aromatic N) is 2. The third kappa shape index (κ3) is 4.70. The van der Waals surface area contributed by atoms with E-state index in [4.69, 9.17) is 4.42 Å². The summed E-state index contributed by atoms with van der Waals surface area (Å²) >= 11 is 0. The zero-order chi connectivity index (χ0) is 21.8. The SMILES string of the molecule is CN(C1CCCCC1)S(=O)(=O)c1cccc(C(=O)Nc2cccc(-c3cnco3)c2)c1. The van der Waals surface area contributed by atoms with Gasteiger partial charge in [0.1, 0.15) is 0 Å². The molecule has 1 amide bonds. The lowest BCUT2D eigenvalue weighted by Crippen LogP contribution is -2.38. The van der Waals surface area contributed by atoms with Gasteiger partial charge in [0, 0.05) is 29.9 Å².